The molecule has 3 N–H and O–H groups in total. The summed E-state index contributed by atoms with van der Waals surface area (Å²) in [5.74, 6) is -0.454. The summed E-state index contributed by atoms with van der Waals surface area (Å²) >= 11 is 1.34. The van der Waals surface area contributed by atoms with Crippen molar-refractivity contribution in [2.45, 2.75) is 117 Å². The van der Waals surface area contributed by atoms with Crippen LogP contribution in [0.1, 0.15) is 86.1 Å². The Balaban J connectivity index is 0.00000385. The summed E-state index contributed by atoms with van der Waals surface area (Å²) in [6.45, 7) is 14.5. The van der Waals surface area contributed by atoms with Gasteiger partial charge in [-0.25, -0.2) is 0 Å². The second kappa shape index (κ2) is 23.7. The van der Waals surface area contributed by atoms with E-state index in [1.54, 1.807) is 33.2 Å². The minimum atomic E-state index is -0.565. The van der Waals surface area contributed by atoms with E-state index in [0.29, 0.717) is 12.3 Å². The van der Waals surface area contributed by atoms with Crippen LogP contribution in [0.4, 0.5) is 0 Å². The van der Waals surface area contributed by atoms with E-state index >= 15 is 0 Å². The van der Waals surface area contributed by atoms with Crippen LogP contribution in [0.25, 0.3) is 0 Å². The number of carbonyl (C=O) groups is 4. The van der Waals surface area contributed by atoms with Crippen molar-refractivity contribution < 1.29 is 28.7 Å². The van der Waals surface area contributed by atoms with E-state index in [2.05, 4.69) is 29.2 Å². The zero-order valence-electron chi connectivity index (χ0n) is 31.9. The molecule has 1 aliphatic heterocycles. The maximum Gasteiger partial charge on any atom is 0.242 e. The number of nitrogens with one attached hydrogen (secondary N) is 3. The van der Waals surface area contributed by atoms with Gasteiger partial charge < -0.3 is 29.9 Å². The molecule has 12 heteroatoms. The molecule has 49 heavy (non-hydrogen) atoms. The molecule has 1 aromatic rings. The van der Waals surface area contributed by atoms with Gasteiger partial charge >= 0.3 is 0 Å². The summed E-state index contributed by atoms with van der Waals surface area (Å²) in [7, 11) is 6.57. The predicted octanol–water partition coefficient (Wildman–Crippen LogP) is 4.65. The van der Waals surface area contributed by atoms with E-state index in [9.17, 15) is 19.2 Å². The minimum absolute atomic E-state index is 0.0290. The lowest BCUT2D eigenvalue weighted by atomic mass is 9.90. The molecule has 0 aliphatic carbocycles. The maximum atomic E-state index is 13.9. The number of ether oxygens (including phenoxy) is 2. The smallest absolute Gasteiger partial charge is 0.242 e. The van der Waals surface area contributed by atoms with Crippen LogP contribution in [0.2, 0.25) is 0 Å². The molecular weight excluding hydrogens is 643 g/mol. The van der Waals surface area contributed by atoms with Crippen LogP contribution in [-0.4, -0.2) is 105 Å². The molecule has 0 bridgehead atoms. The predicted molar refractivity (Wildman–Crippen MR) is 199 cm³/mol. The number of hydrogen-bond acceptors (Lipinski definition) is 8. The van der Waals surface area contributed by atoms with Gasteiger partial charge in [0, 0.05) is 33.6 Å². The molecule has 0 aromatic heterocycles. The summed E-state index contributed by atoms with van der Waals surface area (Å²) in [5.41, 5.74) is 1.12. The van der Waals surface area contributed by atoms with Gasteiger partial charge in [-0.1, -0.05) is 91.6 Å². The van der Waals surface area contributed by atoms with Crippen LogP contribution in [0, 0.1) is 17.8 Å². The van der Waals surface area contributed by atoms with Crippen molar-refractivity contribution >= 4 is 35.6 Å². The van der Waals surface area contributed by atoms with Crippen molar-refractivity contribution in [2.24, 2.45) is 17.8 Å². The van der Waals surface area contributed by atoms with Gasteiger partial charge in [-0.3, -0.25) is 23.9 Å². The van der Waals surface area contributed by atoms with Gasteiger partial charge in [-0.05, 0) is 49.2 Å². The Labute approximate surface area is 300 Å². The van der Waals surface area contributed by atoms with E-state index in [-0.39, 0.29) is 60.5 Å². The normalized spacial score (nSPS) is 18.0. The summed E-state index contributed by atoms with van der Waals surface area (Å²) in [4.78, 5) is 56.4. The highest BCUT2D eigenvalue weighted by atomic mass is 32.2. The first kappa shape index (κ1) is 44.4. The molecule has 7 atom stereocenters. The van der Waals surface area contributed by atoms with Crippen molar-refractivity contribution in [1.29, 1.82) is 0 Å². The molecule has 2 rings (SSSR count). The fraction of sp³-hybridized carbons (Fsp3) is 0.730. The largest absolute Gasteiger partial charge is 0.379 e. The highest BCUT2D eigenvalue weighted by Crippen LogP contribution is 2.29. The van der Waals surface area contributed by atoms with Gasteiger partial charge in [0.05, 0.1) is 49.2 Å². The number of likely N-dealkylation sites (N-methyl/N-ethyl adjacent to an activating group) is 2. The average molecular weight is 708 g/mol. The van der Waals surface area contributed by atoms with Crippen molar-refractivity contribution in [2.75, 3.05) is 41.4 Å². The van der Waals surface area contributed by atoms with Crippen LogP contribution in [-0.2, 0) is 34.4 Å². The topological polar surface area (TPSA) is 129 Å². The van der Waals surface area contributed by atoms with Crippen LogP contribution in [0.15, 0.2) is 30.3 Å². The lowest BCUT2D eigenvalue weighted by Gasteiger charge is -2.39. The molecule has 1 aliphatic rings. The van der Waals surface area contributed by atoms with Crippen molar-refractivity contribution in [3.8, 4) is 0 Å². The molecule has 0 radical (unpaired) electrons. The van der Waals surface area contributed by atoms with Crippen molar-refractivity contribution in [3.63, 3.8) is 0 Å². The number of amides is 4. The van der Waals surface area contributed by atoms with E-state index in [1.165, 1.54) is 18.4 Å². The first-order valence-electron chi connectivity index (χ1n) is 17.8. The molecule has 1 fully saturated rings. The van der Waals surface area contributed by atoms with E-state index < -0.39 is 24.2 Å². The zero-order chi connectivity index (χ0) is 37.1. The van der Waals surface area contributed by atoms with Crippen LogP contribution < -0.4 is 15.4 Å². The van der Waals surface area contributed by atoms with Gasteiger partial charge in [0.2, 0.25) is 23.6 Å². The van der Waals surface area contributed by atoms with Crippen molar-refractivity contribution in [1.82, 2.24) is 25.2 Å². The molecule has 11 nitrogen and oxygen atoms in total. The standard InChI is InChI=1S/C34H57N5O6S.C3H8/c1-10-23(4)31(38(7)29(41)20-36-34(43)30(35-6)22(2)3)27(44-8)19-28(40)39-18-14-17-26(39)32(45-9)24(5)33(42)37-46-21-25-15-12-11-13-16-25;1-3-2/h11-13,15-16,22-24,26-27,30-32,35H,10,14,17-21H2,1-9H3,(H,36,43)(H,37,42);3H2,1-2H3. The second-order valence-electron chi connectivity index (χ2n) is 13.3. The SMILES string of the molecule is CCC.CCC(C)C(C(CC(=O)N1CCCC1C(OC)C(C)C(=O)NSCc1ccccc1)OC)N(C)C(=O)CNC(=O)C(NC)C(C)C. The van der Waals surface area contributed by atoms with Gasteiger partial charge in [0.25, 0.3) is 0 Å². The third-order valence-electron chi connectivity index (χ3n) is 9.23. The Kier molecular flexibility index (Phi) is 21.4. The third-order valence-corrected chi connectivity index (χ3v) is 10.1. The minimum Gasteiger partial charge on any atom is -0.379 e. The van der Waals surface area contributed by atoms with Crippen LogP contribution in [0.5, 0.6) is 0 Å². The molecule has 280 valence electrons. The lowest BCUT2D eigenvalue weighted by molar-refractivity contribution is -0.145. The Morgan fingerprint density at radius 1 is 1.00 bits per heavy atom. The van der Waals surface area contributed by atoms with Gasteiger partial charge in [-0.15, -0.1) is 0 Å². The first-order valence-corrected chi connectivity index (χ1v) is 18.8. The highest BCUT2D eigenvalue weighted by Gasteiger charge is 2.42. The molecular formula is C37H65N5O6S. The monoisotopic (exact) mass is 707 g/mol. The fourth-order valence-electron chi connectivity index (χ4n) is 6.35. The van der Waals surface area contributed by atoms with E-state index in [0.717, 1.165) is 24.8 Å². The summed E-state index contributed by atoms with van der Waals surface area (Å²) in [6, 6.07) is 8.87. The molecule has 0 saturated carbocycles. The highest BCUT2D eigenvalue weighted by molar-refractivity contribution is 7.97. The molecule has 1 heterocycles. The van der Waals surface area contributed by atoms with E-state index in [1.807, 2.05) is 69.9 Å². The second-order valence-corrected chi connectivity index (χ2v) is 14.1. The number of methoxy groups -OCH3 is 2. The quantitative estimate of drug-likeness (QED) is 0.178. The van der Waals surface area contributed by atoms with Gasteiger partial charge in [0.15, 0.2) is 0 Å². The van der Waals surface area contributed by atoms with Crippen LogP contribution >= 0.6 is 11.9 Å². The number of rotatable bonds is 19. The zero-order valence-corrected chi connectivity index (χ0v) is 32.7. The Morgan fingerprint density at radius 3 is 2.16 bits per heavy atom. The lowest BCUT2D eigenvalue weighted by Crippen LogP contribution is -2.55. The number of carbonyl (C=O) groups excluding carboxylic acids is 4. The summed E-state index contributed by atoms with van der Waals surface area (Å²) in [6.07, 6.45) is 2.59. The molecule has 0 spiro atoms. The maximum absolute atomic E-state index is 13.9. The number of hydrogen-bond donors (Lipinski definition) is 3. The summed E-state index contributed by atoms with van der Waals surface area (Å²) in [5, 5.41) is 5.75. The fourth-order valence-corrected chi connectivity index (χ4v) is 7.11. The molecule has 7 unspecified atom stereocenters. The molecule has 4 amide bonds. The number of likely N-dealkylation sites (tertiary alicyclic amines) is 1. The third kappa shape index (κ3) is 13.9. The average Bonchev–Trinajstić information content (AvgIpc) is 3.57. The Hall–Kier alpha value is -2.67. The number of benzene rings is 1. The Bertz CT molecular complexity index is 1130. The molecule has 1 saturated heterocycles. The molecule has 1 aromatic carbocycles. The number of nitrogens with zero attached hydrogens (tertiary/aromatic N) is 2. The van der Waals surface area contributed by atoms with Gasteiger partial charge in [-0.2, -0.15) is 0 Å². The van der Waals surface area contributed by atoms with Crippen molar-refractivity contribution in [3.05, 3.63) is 35.9 Å². The van der Waals surface area contributed by atoms with E-state index in [4.69, 9.17) is 9.47 Å². The first-order chi connectivity index (χ1) is 23.3. The Morgan fingerprint density at radius 2 is 1.63 bits per heavy atom. The van der Waals surface area contributed by atoms with Gasteiger partial charge in [0.1, 0.15) is 0 Å². The van der Waals surface area contributed by atoms with Crippen LogP contribution in [0.3, 0.4) is 0 Å². The summed E-state index contributed by atoms with van der Waals surface area (Å²) < 4.78 is 14.7.